The lowest BCUT2D eigenvalue weighted by Gasteiger charge is -2.20. The topological polar surface area (TPSA) is 42.3 Å². The van der Waals surface area contributed by atoms with Crippen LogP contribution in [0.3, 0.4) is 0 Å². The average Bonchev–Trinajstić information content (AvgIpc) is 2.78. The van der Waals surface area contributed by atoms with Gasteiger partial charge in [-0.3, -0.25) is 4.68 Å². The van der Waals surface area contributed by atoms with Gasteiger partial charge in [0.2, 0.25) is 0 Å². The van der Waals surface area contributed by atoms with Crippen LogP contribution in [-0.4, -0.2) is 55.6 Å². The third kappa shape index (κ3) is 5.52. The van der Waals surface area contributed by atoms with Crippen LogP contribution in [0.25, 0.3) is 0 Å². The van der Waals surface area contributed by atoms with Gasteiger partial charge >= 0.3 is 0 Å². The van der Waals surface area contributed by atoms with Crippen LogP contribution in [0.4, 0.5) is 0 Å². The van der Waals surface area contributed by atoms with Gasteiger partial charge in [-0.2, -0.15) is 5.10 Å². The zero-order valence-corrected chi connectivity index (χ0v) is 14.6. The predicted molar refractivity (Wildman–Crippen MR) is 86.0 cm³/mol. The van der Waals surface area contributed by atoms with E-state index in [1.807, 2.05) is 20.2 Å². The van der Waals surface area contributed by atoms with E-state index in [9.17, 15) is 0 Å². The van der Waals surface area contributed by atoms with E-state index < -0.39 is 0 Å². The monoisotopic (exact) mass is 346 g/mol. The molecule has 6 heteroatoms. The van der Waals surface area contributed by atoms with Crippen molar-refractivity contribution in [1.82, 2.24) is 20.0 Å². The average molecular weight is 347 g/mol. The third-order valence-electron chi connectivity index (χ3n) is 3.26. The molecule has 0 aromatic carbocycles. The molecule has 20 heavy (non-hydrogen) atoms. The standard InChI is InChI=1S/C14H27BrN4O/c1-5-20-10-6-7-13(16-2)14-12(15)11-17-19(14)9-8-18(3)4/h11,13,16H,5-10H2,1-4H3. The van der Waals surface area contributed by atoms with Crippen LogP contribution in [0.15, 0.2) is 10.7 Å². The van der Waals surface area contributed by atoms with E-state index in [2.05, 4.69) is 50.0 Å². The van der Waals surface area contributed by atoms with Crippen LogP contribution in [0.1, 0.15) is 31.5 Å². The van der Waals surface area contributed by atoms with Crippen molar-refractivity contribution in [1.29, 1.82) is 0 Å². The highest BCUT2D eigenvalue weighted by atomic mass is 79.9. The van der Waals surface area contributed by atoms with Gasteiger partial charge in [0.25, 0.3) is 0 Å². The predicted octanol–water partition coefficient (Wildman–Crippen LogP) is 2.28. The molecule has 1 rings (SSSR count). The normalized spacial score (nSPS) is 13.1. The van der Waals surface area contributed by atoms with Gasteiger partial charge in [0.05, 0.1) is 29.0 Å². The lowest BCUT2D eigenvalue weighted by Crippen LogP contribution is -2.25. The molecule has 1 aromatic heterocycles. The van der Waals surface area contributed by atoms with Crippen molar-refractivity contribution in [3.8, 4) is 0 Å². The minimum absolute atomic E-state index is 0.300. The number of hydrogen-bond acceptors (Lipinski definition) is 4. The number of likely N-dealkylation sites (N-methyl/N-ethyl adjacent to an activating group) is 1. The number of halogens is 1. The van der Waals surface area contributed by atoms with Crippen LogP contribution >= 0.6 is 15.9 Å². The highest BCUT2D eigenvalue weighted by Crippen LogP contribution is 2.26. The van der Waals surface area contributed by atoms with E-state index in [0.717, 1.165) is 43.6 Å². The van der Waals surface area contributed by atoms with Crippen molar-refractivity contribution in [2.24, 2.45) is 0 Å². The van der Waals surface area contributed by atoms with Crippen LogP contribution in [0, 0.1) is 0 Å². The molecule has 0 fully saturated rings. The Bertz CT molecular complexity index is 381. The Balaban J connectivity index is 2.67. The van der Waals surface area contributed by atoms with Crippen molar-refractivity contribution in [2.45, 2.75) is 32.4 Å². The molecule has 1 atom stereocenters. The van der Waals surface area contributed by atoms with E-state index in [1.54, 1.807) is 0 Å². The maximum absolute atomic E-state index is 5.42. The molecule has 0 aliphatic carbocycles. The summed E-state index contributed by atoms with van der Waals surface area (Å²) in [5.41, 5.74) is 1.23. The molecule has 0 spiro atoms. The Kier molecular flexibility index (Phi) is 8.37. The fourth-order valence-corrected chi connectivity index (χ4v) is 2.72. The summed E-state index contributed by atoms with van der Waals surface area (Å²) >= 11 is 3.62. The van der Waals surface area contributed by atoms with Gasteiger partial charge in [-0.05, 0) is 56.8 Å². The second kappa shape index (κ2) is 9.50. The Hall–Kier alpha value is -0.430. The second-order valence-corrected chi connectivity index (χ2v) is 5.94. The van der Waals surface area contributed by atoms with Crippen molar-refractivity contribution in [2.75, 3.05) is 40.9 Å². The number of hydrogen-bond donors (Lipinski definition) is 1. The quantitative estimate of drug-likeness (QED) is 0.660. The van der Waals surface area contributed by atoms with Crippen LogP contribution < -0.4 is 5.32 Å². The Labute approximate surface area is 130 Å². The molecule has 0 bridgehead atoms. The second-order valence-electron chi connectivity index (χ2n) is 5.08. The lowest BCUT2D eigenvalue weighted by atomic mass is 10.1. The molecular formula is C14H27BrN4O. The minimum atomic E-state index is 0.300. The molecule has 0 aliphatic rings. The van der Waals surface area contributed by atoms with E-state index >= 15 is 0 Å². The maximum atomic E-state index is 5.42. The first-order valence-electron chi connectivity index (χ1n) is 7.21. The van der Waals surface area contributed by atoms with Gasteiger partial charge in [-0.25, -0.2) is 0 Å². The number of nitrogens with one attached hydrogen (secondary N) is 1. The van der Waals surface area contributed by atoms with Gasteiger partial charge in [0.15, 0.2) is 0 Å². The molecule has 0 saturated heterocycles. The molecule has 0 saturated carbocycles. The summed E-state index contributed by atoms with van der Waals surface area (Å²) in [5, 5.41) is 7.86. The number of rotatable bonds is 10. The summed E-state index contributed by atoms with van der Waals surface area (Å²) in [6, 6.07) is 0.300. The first kappa shape index (κ1) is 17.6. The third-order valence-corrected chi connectivity index (χ3v) is 3.87. The number of nitrogens with zero attached hydrogens (tertiary/aromatic N) is 3. The van der Waals surface area contributed by atoms with Gasteiger partial charge in [0, 0.05) is 19.8 Å². The lowest BCUT2D eigenvalue weighted by molar-refractivity contribution is 0.140. The first-order chi connectivity index (χ1) is 9.60. The Morgan fingerprint density at radius 1 is 1.50 bits per heavy atom. The van der Waals surface area contributed by atoms with E-state index in [-0.39, 0.29) is 0 Å². The molecule has 1 heterocycles. The summed E-state index contributed by atoms with van der Waals surface area (Å²) in [4.78, 5) is 2.17. The van der Waals surface area contributed by atoms with Crippen molar-refractivity contribution in [3.05, 3.63) is 16.4 Å². The molecule has 0 aliphatic heterocycles. The van der Waals surface area contributed by atoms with E-state index in [1.165, 1.54) is 5.69 Å². The molecule has 0 amide bonds. The Morgan fingerprint density at radius 2 is 2.25 bits per heavy atom. The fraction of sp³-hybridized carbons (Fsp3) is 0.786. The number of ether oxygens (including phenoxy) is 1. The highest BCUT2D eigenvalue weighted by molar-refractivity contribution is 9.10. The summed E-state index contributed by atoms with van der Waals surface area (Å²) in [6.45, 7) is 5.52. The molecule has 116 valence electrons. The van der Waals surface area contributed by atoms with Gasteiger partial charge in [-0.15, -0.1) is 0 Å². The summed E-state index contributed by atoms with van der Waals surface area (Å²) in [7, 11) is 6.16. The van der Waals surface area contributed by atoms with Crippen LogP contribution in [0.2, 0.25) is 0 Å². The molecule has 5 nitrogen and oxygen atoms in total. The summed E-state index contributed by atoms with van der Waals surface area (Å²) < 4.78 is 8.58. The Morgan fingerprint density at radius 3 is 2.85 bits per heavy atom. The maximum Gasteiger partial charge on any atom is 0.0696 e. The zero-order valence-electron chi connectivity index (χ0n) is 13.0. The van der Waals surface area contributed by atoms with Crippen molar-refractivity contribution >= 4 is 15.9 Å². The van der Waals surface area contributed by atoms with Crippen LogP contribution in [-0.2, 0) is 11.3 Å². The number of aromatic nitrogens is 2. The molecular weight excluding hydrogens is 320 g/mol. The van der Waals surface area contributed by atoms with E-state index in [0.29, 0.717) is 6.04 Å². The van der Waals surface area contributed by atoms with Crippen LogP contribution in [0.5, 0.6) is 0 Å². The van der Waals surface area contributed by atoms with Gasteiger partial charge in [-0.1, -0.05) is 0 Å². The molecule has 1 N–H and O–H groups in total. The molecule has 0 radical (unpaired) electrons. The van der Waals surface area contributed by atoms with Crippen molar-refractivity contribution < 1.29 is 4.74 Å². The van der Waals surface area contributed by atoms with E-state index in [4.69, 9.17) is 4.74 Å². The van der Waals surface area contributed by atoms with Gasteiger partial charge < -0.3 is 15.0 Å². The fourth-order valence-electron chi connectivity index (χ4n) is 2.14. The first-order valence-corrected chi connectivity index (χ1v) is 8.00. The molecule has 1 unspecified atom stereocenters. The smallest absolute Gasteiger partial charge is 0.0696 e. The minimum Gasteiger partial charge on any atom is -0.382 e. The SMILES string of the molecule is CCOCCCC(NC)c1c(Br)cnn1CCN(C)C. The van der Waals surface area contributed by atoms with Gasteiger partial charge in [0.1, 0.15) is 0 Å². The zero-order chi connectivity index (χ0) is 15.0. The molecule has 1 aromatic rings. The summed E-state index contributed by atoms with van der Waals surface area (Å²) in [6.07, 6.45) is 3.98. The largest absolute Gasteiger partial charge is 0.382 e. The van der Waals surface area contributed by atoms with Crippen molar-refractivity contribution in [3.63, 3.8) is 0 Å². The summed E-state index contributed by atoms with van der Waals surface area (Å²) in [5.74, 6) is 0. The highest BCUT2D eigenvalue weighted by Gasteiger charge is 2.18.